The highest BCUT2D eigenvalue weighted by molar-refractivity contribution is 6.19. The van der Waals surface area contributed by atoms with E-state index in [0.29, 0.717) is 42.0 Å². The summed E-state index contributed by atoms with van der Waals surface area (Å²) in [5.74, 6) is -2.28. The minimum atomic E-state index is -1.02. The van der Waals surface area contributed by atoms with Gasteiger partial charge in [-0.1, -0.05) is 24.3 Å². The average Bonchev–Trinajstić information content (AvgIpc) is 3.54. The first-order valence-electron chi connectivity index (χ1n) is 16.7. The molecule has 3 aliphatic rings. The van der Waals surface area contributed by atoms with Crippen LogP contribution in [-0.2, 0) is 23.1 Å². The van der Waals surface area contributed by atoms with E-state index in [9.17, 15) is 9.59 Å². The number of para-hydroxylation sites is 1. The molecule has 0 bridgehead atoms. The van der Waals surface area contributed by atoms with Gasteiger partial charge in [0.15, 0.2) is 5.78 Å². The molecule has 49 heavy (non-hydrogen) atoms. The number of likely N-dealkylation sites (N-methyl/N-ethyl adjacent to an activating group) is 1. The molecule has 252 valence electrons. The highest BCUT2D eigenvalue weighted by Crippen LogP contribution is 2.47. The molecule has 0 radical (unpaired) electrons. The zero-order valence-electron chi connectivity index (χ0n) is 28.0. The van der Waals surface area contributed by atoms with Crippen LogP contribution in [0.15, 0.2) is 54.7 Å². The minimum Gasteiger partial charge on any atom is -0.380 e. The molecular weight excluding hydrogens is 626 g/mol. The Morgan fingerprint density at radius 2 is 1.84 bits per heavy atom. The van der Waals surface area contributed by atoms with Gasteiger partial charge in [0.1, 0.15) is 28.7 Å². The van der Waals surface area contributed by atoms with Crippen LogP contribution in [0.3, 0.4) is 0 Å². The van der Waals surface area contributed by atoms with Gasteiger partial charge in [0.2, 0.25) is 5.91 Å². The summed E-state index contributed by atoms with van der Waals surface area (Å²) in [6.45, 7) is 7.43. The monoisotopic (exact) mass is 664 g/mol. The van der Waals surface area contributed by atoms with Gasteiger partial charge in [-0.05, 0) is 50.5 Å². The number of carbonyl (C=O) groups excluding carboxylic acids is 2. The molecule has 1 saturated carbocycles. The molecule has 5 aromatic rings. The van der Waals surface area contributed by atoms with Crippen molar-refractivity contribution in [1.82, 2.24) is 19.4 Å². The molecule has 2 N–H and O–H groups in total. The molecule has 2 aliphatic heterocycles. The van der Waals surface area contributed by atoms with Crippen LogP contribution in [0, 0.1) is 30.9 Å². The predicted molar refractivity (Wildman–Crippen MR) is 186 cm³/mol. The summed E-state index contributed by atoms with van der Waals surface area (Å²) >= 11 is 0. The third-order valence-electron chi connectivity index (χ3n) is 10.6. The Morgan fingerprint density at radius 3 is 2.55 bits per heavy atom. The number of anilines is 2. The maximum Gasteiger partial charge on any atom is 0.248 e. The number of halogens is 2. The molecule has 1 spiro atoms. The lowest BCUT2D eigenvalue weighted by atomic mass is 9.64. The van der Waals surface area contributed by atoms with Crippen molar-refractivity contribution in [3.8, 4) is 11.1 Å². The number of amides is 1. The molecule has 4 heterocycles. The summed E-state index contributed by atoms with van der Waals surface area (Å²) in [4.78, 5) is 33.6. The molecule has 3 aromatic carbocycles. The van der Waals surface area contributed by atoms with E-state index in [2.05, 4.69) is 44.7 Å². The third-order valence-corrected chi connectivity index (χ3v) is 10.6. The fourth-order valence-electron chi connectivity index (χ4n) is 7.85. The summed E-state index contributed by atoms with van der Waals surface area (Å²) in [5, 5.41) is 6.35. The molecule has 0 unspecified atom stereocenters. The van der Waals surface area contributed by atoms with Gasteiger partial charge in [-0.2, -0.15) is 0 Å². The second kappa shape index (κ2) is 11.6. The Kier molecular flexibility index (Phi) is 7.45. The third kappa shape index (κ3) is 5.14. The molecule has 11 heteroatoms. The zero-order chi connectivity index (χ0) is 34.2. The van der Waals surface area contributed by atoms with Gasteiger partial charge in [-0.15, -0.1) is 0 Å². The maximum absolute atomic E-state index is 15.3. The predicted octanol–water partition coefficient (Wildman–Crippen LogP) is 6.03. The van der Waals surface area contributed by atoms with Crippen molar-refractivity contribution < 1.29 is 23.1 Å². The van der Waals surface area contributed by atoms with Crippen LogP contribution in [-0.4, -0.2) is 65.2 Å². The quantitative estimate of drug-likeness (QED) is 0.163. The zero-order valence-corrected chi connectivity index (χ0v) is 28.0. The summed E-state index contributed by atoms with van der Waals surface area (Å²) < 4.78 is 40.1. The number of carbonyl (C=O) groups is 2. The molecule has 1 aliphatic carbocycles. The number of nitrogens with one attached hydrogen (secondary N) is 2. The van der Waals surface area contributed by atoms with Crippen molar-refractivity contribution in [1.29, 1.82) is 0 Å². The fraction of sp³-hybridized carbons (Fsp3) is 0.342. The Labute approximate surface area is 282 Å². The number of benzene rings is 3. The van der Waals surface area contributed by atoms with Crippen molar-refractivity contribution in [3.63, 3.8) is 0 Å². The van der Waals surface area contributed by atoms with Gasteiger partial charge in [0, 0.05) is 85.1 Å². The van der Waals surface area contributed by atoms with E-state index in [1.165, 1.54) is 6.08 Å². The summed E-state index contributed by atoms with van der Waals surface area (Å²) in [5.41, 5.74) is 6.94. The van der Waals surface area contributed by atoms with Crippen molar-refractivity contribution in [3.05, 3.63) is 88.9 Å². The second-order valence-electron chi connectivity index (χ2n) is 13.9. The van der Waals surface area contributed by atoms with Crippen LogP contribution in [0.1, 0.15) is 40.2 Å². The van der Waals surface area contributed by atoms with E-state index in [1.807, 2.05) is 32.2 Å². The summed E-state index contributed by atoms with van der Waals surface area (Å²) in [7, 11) is 4.07. The van der Waals surface area contributed by atoms with Crippen LogP contribution < -0.4 is 15.5 Å². The smallest absolute Gasteiger partial charge is 0.248 e. The van der Waals surface area contributed by atoms with Crippen molar-refractivity contribution >= 4 is 45.0 Å². The SMILES string of the molecule is Cc1cc2c(nc(C)n2C)c2c1-c1cccc3c(C(=O)c4cc(F)c(NC(=O)/C=C/CNC5CC6(COC6)C5)c(F)c4)cn(c13)CCN2C. The number of nitrogens with zero attached hydrogens (tertiary/aromatic N) is 4. The summed E-state index contributed by atoms with van der Waals surface area (Å²) in [6, 6.07) is 10.3. The first kappa shape index (κ1) is 31.4. The Morgan fingerprint density at radius 1 is 1.08 bits per heavy atom. The molecule has 8 rings (SSSR count). The van der Waals surface area contributed by atoms with E-state index in [4.69, 9.17) is 9.72 Å². The molecule has 9 nitrogen and oxygen atoms in total. The Balaban J connectivity index is 1.06. The molecule has 0 atom stereocenters. The van der Waals surface area contributed by atoms with Crippen LogP contribution >= 0.6 is 0 Å². The van der Waals surface area contributed by atoms with E-state index in [1.54, 1.807) is 12.3 Å². The molecule has 2 fully saturated rings. The van der Waals surface area contributed by atoms with Crippen molar-refractivity contribution in [2.24, 2.45) is 12.5 Å². The van der Waals surface area contributed by atoms with Crippen LogP contribution in [0.5, 0.6) is 0 Å². The summed E-state index contributed by atoms with van der Waals surface area (Å²) in [6.07, 6.45) is 6.76. The van der Waals surface area contributed by atoms with E-state index in [-0.39, 0.29) is 5.56 Å². The van der Waals surface area contributed by atoms with Gasteiger partial charge in [-0.25, -0.2) is 13.8 Å². The van der Waals surface area contributed by atoms with Crippen molar-refractivity contribution in [2.45, 2.75) is 39.3 Å². The van der Waals surface area contributed by atoms with Gasteiger partial charge in [0.05, 0.1) is 29.9 Å². The number of aryl methyl sites for hydroxylation is 3. The molecular formula is C38H38F2N6O3. The standard InChI is InChI=1S/C38H38F2N6O3/c1-21-13-30-34(42-22(2)45(30)4)36-32(21)26-8-5-7-25-27(18-46(35(25)26)12-11-44(36)3)37(48)23-14-28(39)33(29(40)15-23)43-31(47)9-6-10-41-24-16-38(17-24)19-49-20-38/h5-9,13-15,18,24,41H,10-12,16-17,19-20H2,1-4H3,(H,43,47)/b9-6+. The van der Waals surface area contributed by atoms with Crippen LogP contribution in [0.2, 0.25) is 0 Å². The maximum atomic E-state index is 15.3. The topological polar surface area (TPSA) is 93.4 Å². The van der Waals surface area contributed by atoms with Crippen LogP contribution in [0.4, 0.5) is 20.2 Å². The fourth-order valence-corrected chi connectivity index (χ4v) is 7.85. The highest BCUT2D eigenvalue weighted by atomic mass is 19.1. The van der Waals surface area contributed by atoms with Gasteiger partial charge < -0.3 is 29.4 Å². The molecule has 2 aromatic heterocycles. The number of ether oxygens (including phenoxy) is 1. The van der Waals surface area contributed by atoms with Gasteiger partial charge in [0.25, 0.3) is 0 Å². The first-order valence-corrected chi connectivity index (χ1v) is 16.7. The van der Waals surface area contributed by atoms with E-state index >= 15 is 8.78 Å². The number of hydrogen-bond donors (Lipinski definition) is 2. The largest absolute Gasteiger partial charge is 0.380 e. The lowest BCUT2D eigenvalue weighted by Crippen LogP contribution is -2.58. The van der Waals surface area contributed by atoms with Crippen LogP contribution in [0.25, 0.3) is 33.1 Å². The lowest BCUT2D eigenvalue weighted by molar-refractivity contribution is -0.167. The normalized spacial score (nSPS) is 16.9. The first-order chi connectivity index (χ1) is 23.5. The minimum absolute atomic E-state index is 0.137. The molecule has 1 saturated heterocycles. The number of aromatic nitrogens is 3. The van der Waals surface area contributed by atoms with E-state index < -0.39 is 29.0 Å². The number of rotatable bonds is 7. The highest BCUT2D eigenvalue weighted by Gasteiger charge is 2.49. The van der Waals surface area contributed by atoms with Gasteiger partial charge in [-0.3, -0.25) is 9.59 Å². The number of hydrogen-bond acceptors (Lipinski definition) is 6. The Bertz CT molecular complexity index is 2200. The van der Waals surface area contributed by atoms with E-state index in [0.717, 1.165) is 82.9 Å². The number of ketones is 1. The molecule has 1 amide bonds. The second-order valence-corrected chi connectivity index (χ2v) is 13.9. The number of imidazole rings is 1. The van der Waals surface area contributed by atoms with Crippen molar-refractivity contribution in [2.75, 3.05) is 43.6 Å². The average molecular weight is 665 g/mol. The Hall–Kier alpha value is -4.87. The van der Waals surface area contributed by atoms with Gasteiger partial charge >= 0.3 is 0 Å². The lowest BCUT2D eigenvalue weighted by Gasteiger charge is -2.53. The number of fused-ring (bicyclic) bond motifs is 4.